The molecule has 1 aromatic heterocycles. The van der Waals surface area contributed by atoms with Crippen LogP contribution in [0.1, 0.15) is 30.8 Å². The molecule has 0 bridgehead atoms. The van der Waals surface area contributed by atoms with Gasteiger partial charge in [0.15, 0.2) is 5.82 Å². The first-order valence-corrected chi connectivity index (χ1v) is 4.47. The Kier molecular flexibility index (Phi) is 2.01. The van der Waals surface area contributed by atoms with Crippen LogP contribution in [0.5, 0.6) is 0 Å². The zero-order chi connectivity index (χ0) is 9.31. The van der Waals surface area contributed by atoms with E-state index in [9.17, 15) is 0 Å². The molecule has 3 N–H and O–H groups in total. The summed E-state index contributed by atoms with van der Waals surface area (Å²) in [4.78, 5) is 8.11. The fourth-order valence-corrected chi connectivity index (χ4v) is 1.57. The van der Waals surface area contributed by atoms with Crippen molar-refractivity contribution in [2.45, 2.75) is 31.4 Å². The van der Waals surface area contributed by atoms with E-state index in [0.29, 0.717) is 5.82 Å². The summed E-state index contributed by atoms with van der Waals surface area (Å²) < 4.78 is 0. The summed E-state index contributed by atoms with van der Waals surface area (Å²) in [7, 11) is 0. The maximum atomic E-state index is 8.85. The Hall–Kier alpha value is -1.00. The molecule has 2 rings (SSSR count). The number of hydrogen-bond donors (Lipinski definition) is 2. The number of rotatable bonds is 2. The molecule has 1 saturated carbocycles. The van der Waals surface area contributed by atoms with Crippen LogP contribution in [0.3, 0.4) is 0 Å². The standard InChI is InChI=1S/C9H13N3O/c10-9(3-1-4-9)7-2-5-11-8(6-13)12-7/h2,5,13H,1,3-4,6,10H2. The molecular weight excluding hydrogens is 166 g/mol. The minimum Gasteiger partial charge on any atom is -0.388 e. The van der Waals surface area contributed by atoms with Crippen LogP contribution >= 0.6 is 0 Å². The quantitative estimate of drug-likeness (QED) is 0.685. The molecule has 70 valence electrons. The Labute approximate surface area is 76.8 Å². The molecule has 0 spiro atoms. The molecule has 4 heteroatoms. The molecule has 0 unspecified atom stereocenters. The first-order chi connectivity index (χ1) is 6.24. The van der Waals surface area contributed by atoms with E-state index in [4.69, 9.17) is 10.8 Å². The average Bonchev–Trinajstić information content (AvgIpc) is 2.14. The van der Waals surface area contributed by atoms with E-state index in [0.717, 1.165) is 25.0 Å². The summed E-state index contributed by atoms with van der Waals surface area (Å²) in [6.07, 6.45) is 4.78. The molecule has 0 atom stereocenters. The average molecular weight is 179 g/mol. The topological polar surface area (TPSA) is 72.0 Å². The highest BCUT2D eigenvalue weighted by molar-refractivity contribution is 5.17. The molecule has 1 heterocycles. The molecular formula is C9H13N3O. The summed E-state index contributed by atoms with van der Waals surface area (Å²) >= 11 is 0. The second-order valence-electron chi connectivity index (χ2n) is 3.53. The van der Waals surface area contributed by atoms with Crippen LogP contribution < -0.4 is 5.73 Å². The van der Waals surface area contributed by atoms with Gasteiger partial charge in [0.1, 0.15) is 6.61 Å². The van der Waals surface area contributed by atoms with Gasteiger partial charge in [-0.25, -0.2) is 9.97 Å². The molecule has 13 heavy (non-hydrogen) atoms. The van der Waals surface area contributed by atoms with Crippen LogP contribution in [0.4, 0.5) is 0 Å². The first kappa shape index (κ1) is 8.59. The third kappa shape index (κ3) is 1.43. The minimum absolute atomic E-state index is 0.121. The highest BCUT2D eigenvalue weighted by Gasteiger charge is 2.35. The van der Waals surface area contributed by atoms with Crippen molar-refractivity contribution in [1.29, 1.82) is 0 Å². The number of nitrogens with zero attached hydrogens (tertiary/aromatic N) is 2. The Bertz CT molecular complexity index is 309. The van der Waals surface area contributed by atoms with Crippen molar-refractivity contribution in [2.75, 3.05) is 0 Å². The molecule has 1 fully saturated rings. The molecule has 0 aliphatic heterocycles. The molecule has 4 nitrogen and oxygen atoms in total. The predicted molar refractivity (Wildman–Crippen MR) is 47.7 cm³/mol. The lowest BCUT2D eigenvalue weighted by Crippen LogP contribution is -2.44. The number of aliphatic hydroxyl groups excluding tert-OH is 1. The summed E-state index contributed by atoms with van der Waals surface area (Å²) in [5.74, 6) is 0.453. The molecule has 0 saturated heterocycles. The molecule has 0 amide bonds. The van der Waals surface area contributed by atoms with Crippen LogP contribution in [0.15, 0.2) is 12.3 Å². The van der Waals surface area contributed by atoms with Crippen molar-refractivity contribution in [3.8, 4) is 0 Å². The summed E-state index contributed by atoms with van der Waals surface area (Å²) in [6, 6.07) is 1.83. The lowest BCUT2D eigenvalue weighted by molar-refractivity contribution is 0.239. The van der Waals surface area contributed by atoms with E-state index in [2.05, 4.69) is 9.97 Å². The zero-order valence-corrected chi connectivity index (χ0v) is 7.40. The molecule has 0 aromatic carbocycles. The van der Waals surface area contributed by atoms with Gasteiger partial charge in [0, 0.05) is 6.20 Å². The van der Waals surface area contributed by atoms with Gasteiger partial charge in [-0.1, -0.05) is 0 Å². The van der Waals surface area contributed by atoms with E-state index < -0.39 is 0 Å². The third-order valence-corrected chi connectivity index (χ3v) is 2.60. The third-order valence-electron chi connectivity index (χ3n) is 2.60. The van der Waals surface area contributed by atoms with Crippen molar-refractivity contribution in [3.05, 3.63) is 23.8 Å². The van der Waals surface area contributed by atoms with E-state index in [1.807, 2.05) is 6.07 Å². The van der Waals surface area contributed by atoms with Gasteiger partial charge in [-0.15, -0.1) is 0 Å². The SMILES string of the molecule is NC1(c2ccnc(CO)n2)CCC1. The van der Waals surface area contributed by atoms with E-state index in [1.165, 1.54) is 0 Å². The van der Waals surface area contributed by atoms with Gasteiger partial charge in [0.2, 0.25) is 0 Å². The van der Waals surface area contributed by atoms with Crippen molar-refractivity contribution in [3.63, 3.8) is 0 Å². The van der Waals surface area contributed by atoms with E-state index >= 15 is 0 Å². The van der Waals surface area contributed by atoms with Gasteiger partial charge in [-0.3, -0.25) is 0 Å². The van der Waals surface area contributed by atoms with Gasteiger partial charge >= 0.3 is 0 Å². The Morgan fingerprint density at radius 3 is 2.85 bits per heavy atom. The number of hydrogen-bond acceptors (Lipinski definition) is 4. The monoisotopic (exact) mass is 179 g/mol. The maximum absolute atomic E-state index is 8.85. The number of nitrogens with two attached hydrogens (primary N) is 1. The van der Waals surface area contributed by atoms with Crippen LogP contribution in [0.2, 0.25) is 0 Å². The molecule has 0 radical (unpaired) electrons. The molecule has 1 aromatic rings. The van der Waals surface area contributed by atoms with Gasteiger partial charge in [-0.05, 0) is 25.3 Å². The fraction of sp³-hybridized carbons (Fsp3) is 0.556. The van der Waals surface area contributed by atoms with Gasteiger partial charge in [0.05, 0.1) is 11.2 Å². The zero-order valence-electron chi connectivity index (χ0n) is 7.40. The van der Waals surface area contributed by atoms with Gasteiger partial charge < -0.3 is 10.8 Å². The Morgan fingerprint density at radius 2 is 2.31 bits per heavy atom. The fourth-order valence-electron chi connectivity index (χ4n) is 1.57. The van der Waals surface area contributed by atoms with Crippen LogP contribution in [-0.4, -0.2) is 15.1 Å². The normalized spacial score (nSPS) is 19.5. The lowest BCUT2D eigenvalue weighted by atomic mass is 9.75. The maximum Gasteiger partial charge on any atom is 0.153 e. The van der Waals surface area contributed by atoms with Gasteiger partial charge in [-0.2, -0.15) is 0 Å². The number of aliphatic hydroxyl groups is 1. The van der Waals surface area contributed by atoms with Crippen LogP contribution in [0.25, 0.3) is 0 Å². The minimum atomic E-state index is -0.257. The highest BCUT2D eigenvalue weighted by atomic mass is 16.3. The predicted octanol–water partition coefficient (Wildman–Crippen LogP) is 0.307. The molecule has 1 aliphatic carbocycles. The van der Waals surface area contributed by atoms with E-state index in [-0.39, 0.29) is 12.1 Å². The highest BCUT2D eigenvalue weighted by Crippen LogP contribution is 2.37. The first-order valence-electron chi connectivity index (χ1n) is 4.47. The number of aromatic nitrogens is 2. The molecule has 1 aliphatic rings. The van der Waals surface area contributed by atoms with Crippen molar-refractivity contribution >= 4 is 0 Å². The second kappa shape index (κ2) is 3.05. The van der Waals surface area contributed by atoms with Crippen LogP contribution in [0, 0.1) is 0 Å². The smallest absolute Gasteiger partial charge is 0.153 e. The van der Waals surface area contributed by atoms with Crippen molar-refractivity contribution in [2.24, 2.45) is 5.73 Å². The Morgan fingerprint density at radius 1 is 1.54 bits per heavy atom. The van der Waals surface area contributed by atoms with Crippen molar-refractivity contribution < 1.29 is 5.11 Å². The largest absolute Gasteiger partial charge is 0.388 e. The summed E-state index contributed by atoms with van der Waals surface area (Å²) in [6.45, 7) is -0.121. The summed E-state index contributed by atoms with van der Waals surface area (Å²) in [5, 5.41) is 8.85. The van der Waals surface area contributed by atoms with Crippen molar-refractivity contribution in [1.82, 2.24) is 9.97 Å². The van der Waals surface area contributed by atoms with Crippen LogP contribution in [-0.2, 0) is 12.1 Å². The van der Waals surface area contributed by atoms with E-state index in [1.54, 1.807) is 6.20 Å². The Balaban J connectivity index is 2.29. The van der Waals surface area contributed by atoms with Gasteiger partial charge in [0.25, 0.3) is 0 Å². The second-order valence-corrected chi connectivity index (χ2v) is 3.53. The lowest BCUT2D eigenvalue weighted by Gasteiger charge is -2.37. The summed E-state index contributed by atoms with van der Waals surface area (Å²) in [5.41, 5.74) is 6.68.